The monoisotopic (exact) mass is 520 g/mol. The SMILES string of the molecule is Cc1cc(C(C)(C)C)c(C(O)(CCCCCCCCCCC(C)C)C(CO)(CO)CO)c(C(C)(C)C)c1. The molecule has 0 spiro atoms. The first-order chi connectivity index (χ1) is 17.1. The highest BCUT2D eigenvalue weighted by atomic mass is 16.3. The van der Waals surface area contributed by atoms with Gasteiger partial charge in [-0.25, -0.2) is 0 Å². The van der Waals surface area contributed by atoms with Gasteiger partial charge >= 0.3 is 0 Å². The van der Waals surface area contributed by atoms with Crippen LogP contribution in [-0.4, -0.2) is 40.2 Å². The molecule has 4 nitrogen and oxygen atoms in total. The minimum atomic E-state index is -1.57. The average Bonchev–Trinajstić information content (AvgIpc) is 2.79. The van der Waals surface area contributed by atoms with E-state index >= 15 is 0 Å². The summed E-state index contributed by atoms with van der Waals surface area (Å²) in [7, 11) is 0. The Morgan fingerprint density at radius 2 is 1.03 bits per heavy atom. The number of aliphatic hydroxyl groups excluding tert-OH is 3. The first-order valence-corrected chi connectivity index (χ1v) is 14.8. The van der Waals surface area contributed by atoms with Gasteiger partial charge in [0, 0.05) is 0 Å². The Morgan fingerprint density at radius 1 is 0.649 bits per heavy atom. The Bertz CT molecular complexity index is 752. The topological polar surface area (TPSA) is 80.9 Å². The lowest BCUT2D eigenvalue weighted by Crippen LogP contribution is -2.55. The highest BCUT2D eigenvalue weighted by Gasteiger charge is 2.53. The van der Waals surface area contributed by atoms with Gasteiger partial charge in [0.15, 0.2) is 0 Å². The molecule has 0 amide bonds. The second-order valence-electron chi connectivity index (χ2n) is 14.1. The van der Waals surface area contributed by atoms with Crippen molar-refractivity contribution >= 4 is 0 Å². The van der Waals surface area contributed by atoms with Gasteiger partial charge in [0.25, 0.3) is 0 Å². The van der Waals surface area contributed by atoms with Gasteiger partial charge in [-0.05, 0) is 46.8 Å². The van der Waals surface area contributed by atoms with Crippen molar-refractivity contribution in [2.75, 3.05) is 19.8 Å². The van der Waals surface area contributed by atoms with Crippen LogP contribution in [0.25, 0.3) is 0 Å². The lowest BCUT2D eigenvalue weighted by atomic mass is 9.60. The molecule has 1 unspecified atom stereocenters. The molecule has 37 heavy (non-hydrogen) atoms. The van der Waals surface area contributed by atoms with Crippen LogP contribution in [0.2, 0.25) is 0 Å². The summed E-state index contributed by atoms with van der Waals surface area (Å²) in [5.41, 5.74) is 0.382. The van der Waals surface area contributed by atoms with Crippen molar-refractivity contribution in [1.82, 2.24) is 0 Å². The van der Waals surface area contributed by atoms with Crippen molar-refractivity contribution in [1.29, 1.82) is 0 Å². The van der Waals surface area contributed by atoms with Gasteiger partial charge < -0.3 is 20.4 Å². The molecule has 0 aliphatic heterocycles. The molecule has 0 fully saturated rings. The van der Waals surface area contributed by atoms with Gasteiger partial charge in [-0.3, -0.25) is 0 Å². The molecular formula is C33H60O4. The molecule has 0 saturated heterocycles. The maximum Gasteiger partial charge on any atom is 0.102 e. The Morgan fingerprint density at radius 3 is 1.38 bits per heavy atom. The second kappa shape index (κ2) is 14.4. The molecule has 0 bridgehead atoms. The van der Waals surface area contributed by atoms with Crippen LogP contribution in [0.3, 0.4) is 0 Å². The standard InChI is InChI=1S/C33H60O4/c1-25(2)18-16-14-12-10-11-13-15-17-19-33(37,32(22-34,23-35)24-36)29-27(30(4,5)6)20-26(3)21-28(29)31(7,8)9/h20-21,25,34-37H,10-19,22-24H2,1-9H3. The Kier molecular flexibility index (Phi) is 13.3. The smallest absolute Gasteiger partial charge is 0.102 e. The van der Waals surface area contributed by atoms with Crippen LogP contribution in [0.1, 0.15) is 142 Å². The van der Waals surface area contributed by atoms with Crippen LogP contribution in [0.4, 0.5) is 0 Å². The van der Waals surface area contributed by atoms with E-state index in [2.05, 4.69) is 74.4 Å². The second-order valence-corrected chi connectivity index (χ2v) is 14.1. The summed E-state index contributed by atoms with van der Waals surface area (Å²) in [4.78, 5) is 0. The van der Waals surface area contributed by atoms with E-state index in [4.69, 9.17) is 0 Å². The summed E-state index contributed by atoms with van der Waals surface area (Å²) < 4.78 is 0. The van der Waals surface area contributed by atoms with E-state index in [1.54, 1.807) is 0 Å². The van der Waals surface area contributed by atoms with Crippen LogP contribution in [0.15, 0.2) is 12.1 Å². The van der Waals surface area contributed by atoms with Crippen LogP contribution < -0.4 is 0 Å². The zero-order chi connectivity index (χ0) is 28.5. The summed E-state index contributed by atoms with van der Waals surface area (Å²) >= 11 is 0. The van der Waals surface area contributed by atoms with E-state index in [-0.39, 0.29) is 10.8 Å². The Labute approximate surface area is 228 Å². The summed E-state index contributed by atoms with van der Waals surface area (Å²) in [6.07, 6.45) is 10.9. The molecule has 0 heterocycles. The molecule has 1 atom stereocenters. The zero-order valence-electron chi connectivity index (χ0n) is 25.7. The lowest BCUT2D eigenvalue weighted by Gasteiger charge is -2.49. The number of rotatable bonds is 16. The average molecular weight is 521 g/mol. The first-order valence-electron chi connectivity index (χ1n) is 14.8. The molecule has 0 aromatic heterocycles. The number of hydrogen-bond donors (Lipinski definition) is 4. The minimum absolute atomic E-state index is 0.267. The number of aryl methyl sites for hydroxylation is 1. The van der Waals surface area contributed by atoms with Gasteiger partial charge in [0.2, 0.25) is 0 Å². The lowest BCUT2D eigenvalue weighted by molar-refractivity contribution is -0.165. The fourth-order valence-electron chi connectivity index (χ4n) is 5.61. The van der Waals surface area contributed by atoms with Gasteiger partial charge in [-0.1, -0.05) is 131 Å². The third-order valence-corrected chi connectivity index (χ3v) is 8.17. The predicted octanol–water partition coefficient (Wildman–Crippen LogP) is 7.30. The van der Waals surface area contributed by atoms with E-state index in [1.807, 2.05) is 0 Å². The van der Waals surface area contributed by atoms with Gasteiger partial charge in [-0.15, -0.1) is 0 Å². The van der Waals surface area contributed by atoms with Crippen LogP contribution in [0, 0.1) is 18.3 Å². The van der Waals surface area contributed by atoms with Crippen LogP contribution >= 0.6 is 0 Å². The van der Waals surface area contributed by atoms with Gasteiger partial charge in [0.1, 0.15) is 5.60 Å². The largest absolute Gasteiger partial charge is 0.395 e. The number of unbranched alkanes of at least 4 members (excludes halogenated alkanes) is 7. The van der Waals surface area contributed by atoms with Crippen molar-refractivity contribution in [3.05, 3.63) is 34.4 Å². The van der Waals surface area contributed by atoms with Gasteiger partial charge in [-0.2, -0.15) is 0 Å². The number of benzene rings is 1. The maximum absolute atomic E-state index is 12.6. The molecule has 1 aromatic rings. The first kappa shape index (κ1) is 34.1. The van der Waals surface area contributed by atoms with Gasteiger partial charge in [0.05, 0.1) is 25.2 Å². The summed E-state index contributed by atoms with van der Waals surface area (Å²) in [5.74, 6) is 0.786. The third-order valence-electron chi connectivity index (χ3n) is 8.17. The molecule has 0 saturated carbocycles. The van der Waals surface area contributed by atoms with Crippen molar-refractivity contribution in [2.45, 2.75) is 143 Å². The summed E-state index contributed by atoms with van der Waals surface area (Å²) in [5, 5.41) is 44.2. The fourth-order valence-corrected chi connectivity index (χ4v) is 5.61. The maximum atomic E-state index is 12.6. The Hall–Kier alpha value is -0.940. The molecule has 4 N–H and O–H groups in total. The molecular weight excluding hydrogens is 460 g/mol. The highest BCUT2D eigenvalue weighted by molar-refractivity contribution is 5.50. The van der Waals surface area contributed by atoms with Crippen molar-refractivity contribution in [3.8, 4) is 0 Å². The number of aliphatic hydroxyl groups is 4. The Balaban J connectivity index is 3.28. The molecule has 0 aliphatic carbocycles. The molecule has 0 radical (unpaired) electrons. The summed E-state index contributed by atoms with van der Waals surface area (Å²) in [6.45, 7) is 18.0. The van der Waals surface area contributed by atoms with Crippen LogP contribution in [-0.2, 0) is 16.4 Å². The van der Waals surface area contributed by atoms with Crippen LogP contribution in [0.5, 0.6) is 0 Å². The molecule has 1 rings (SSSR count). The van der Waals surface area contributed by atoms with E-state index < -0.39 is 30.8 Å². The summed E-state index contributed by atoms with van der Waals surface area (Å²) in [6, 6.07) is 4.26. The van der Waals surface area contributed by atoms with E-state index in [0.717, 1.165) is 47.4 Å². The predicted molar refractivity (Wildman–Crippen MR) is 157 cm³/mol. The molecule has 0 aliphatic rings. The van der Waals surface area contributed by atoms with E-state index in [0.29, 0.717) is 6.42 Å². The molecule has 4 heteroatoms. The third kappa shape index (κ3) is 9.05. The van der Waals surface area contributed by atoms with E-state index in [9.17, 15) is 20.4 Å². The quantitative estimate of drug-likeness (QED) is 0.172. The zero-order valence-corrected chi connectivity index (χ0v) is 25.7. The number of hydrogen-bond acceptors (Lipinski definition) is 4. The van der Waals surface area contributed by atoms with Crippen molar-refractivity contribution in [3.63, 3.8) is 0 Å². The minimum Gasteiger partial charge on any atom is -0.395 e. The van der Waals surface area contributed by atoms with E-state index in [1.165, 1.54) is 38.5 Å². The van der Waals surface area contributed by atoms with Crippen molar-refractivity contribution in [2.24, 2.45) is 11.3 Å². The molecule has 1 aromatic carbocycles. The fraction of sp³-hybridized carbons (Fsp3) is 0.818. The molecule has 216 valence electrons. The normalized spacial score (nSPS) is 14.9. The van der Waals surface area contributed by atoms with Crippen molar-refractivity contribution < 1.29 is 20.4 Å². The highest BCUT2D eigenvalue weighted by Crippen LogP contribution is 2.50.